The number of carbonyl (C=O) groups is 1. The predicted molar refractivity (Wildman–Crippen MR) is 125 cm³/mol. The first-order chi connectivity index (χ1) is 14.9. The van der Waals surface area contributed by atoms with Gasteiger partial charge in [0.05, 0.1) is 10.6 Å². The van der Waals surface area contributed by atoms with Crippen molar-refractivity contribution in [3.63, 3.8) is 0 Å². The molecule has 1 amide bonds. The van der Waals surface area contributed by atoms with Crippen molar-refractivity contribution in [3.05, 3.63) is 95.5 Å². The number of benzene rings is 3. The molecule has 7 heteroatoms. The molecule has 0 bridgehead atoms. The molecule has 0 aliphatic carbocycles. The topological polar surface area (TPSA) is 66.5 Å². The van der Waals surface area contributed by atoms with Gasteiger partial charge in [0.25, 0.3) is 10.0 Å². The van der Waals surface area contributed by atoms with Crippen LogP contribution in [0.1, 0.15) is 18.9 Å². The fourth-order valence-corrected chi connectivity index (χ4v) is 4.84. The smallest absolute Gasteiger partial charge is 0.264 e. The molecule has 1 atom stereocenters. The number of nitrogens with zero attached hydrogens (tertiary/aromatic N) is 1. The van der Waals surface area contributed by atoms with Gasteiger partial charge in [0.1, 0.15) is 6.54 Å². The molecule has 0 aliphatic rings. The van der Waals surface area contributed by atoms with Gasteiger partial charge in [-0.1, -0.05) is 66.2 Å². The van der Waals surface area contributed by atoms with Crippen LogP contribution in [0.25, 0.3) is 0 Å². The third kappa shape index (κ3) is 6.32. The van der Waals surface area contributed by atoms with Gasteiger partial charge < -0.3 is 5.32 Å². The Kier molecular flexibility index (Phi) is 7.71. The van der Waals surface area contributed by atoms with Crippen LogP contribution >= 0.6 is 11.6 Å². The molecule has 0 saturated heterocycles. The molecule has 3 rings (SSSR count). The van der Waals surface area contributed by atoms with E-state index in [1.165, 1.54) is 23.8 Å². The lowest BCUT2D eigenvalue weighted by Gasteiger charge is -2.25. The average molecular weight is 457 g/mol. The van der Waals surface area contributed by atoms with Crippen molar-refractivity contribution in [2.45, 2.75) is 30.7 Å². The van der Waals surface area contributed by atoms with Crippen LogP contribution in [0, 0.1) is 0 Å². The average Bonchev–Trinajstić information content (AvgIpc) is 2.77. The van der Waals surface area contributed by atoms with Gasteiger partial charge in [0.2, 0.25) is 5.91 Å². The maximum atomic E-state index is 13.3. The summed E-state index contributed by atoms with van der Waals surface area (Å²) < 4.78 is 27.6. The minimum atomic E-state index is -3.94. The third-order valence-electron chi connectivity index (χ3n) is 4.83. The number of carbonyl (C=O) groups excluding carboxylic acids is 1. The van der Waals surface area contributed by atoms with Gasteiger partial charge in [-0.25, -0.2) is 8.42 Å². The van der Waals surface area contributed by atoms with E-state index in [2.05, 4.69) is 5.32 Å². The van der Waals surface area contributed by atoms with Gasteiger partial charge in [-0.15, -0.1) is 0 Å². The van der Waals surface area contributed by atoms with Crippen LogP contribution in [0.15, 0.2) is 89.8 Å². The van der Waals surface area contributed by atoms with Crippen molar-refractivity contribution in [3.8, 4) is 0 Å². The zero-order valence-electron chi connectivity index (χ0n) is 17.2. The minimum absolute atomic E-state index is 0.103. The normalized spacial score (nSPS) is 12.2. The fourth-order valence-electron chi connectivity index (χ4n) is 3.22. The molecule has 0 radical (unpaired) electrons. The van der Waals surface area contributed by atoms with Crippen LogP contribution in [0.5, 0.6) is 0 Å². The molecule has 0 aliphatic heterocycles. The minimum Gasteiger partial charge on any atom is -0.352 e. The van der Waals surface area contributed by atoms with E-state index < -0.39 is 10.0 Å². The van der Waals surface area contributed by atoms with E-state index in [1.807, 2.05) is 37.3 Å². The first-order valence-corrected chi connectivity index (χ1v) is 11.8. The highest BCUT2D eigenvalue weighted by Gasteiger charge is 2.27. The molecule has 0 spiro atoms. The van der Waals surface area contributed by atoms with Crippen molar-refractivity contribution < 1.29 is 13.2 Å². The van der Waals surface area contributed by atoms with Gasteiger partial charge in [-0.2, -0.15) is 0 Å². The Morgan fingerprint density at radius 3 is 2.26 bits per heavy atom. The molecule has 3 aromatic rings. The summed E-state index contributed by atoms with van der Waals surface area (Å²) in [6.45, 7) is 1.57. The van der Waals surface area contributed by atoms with E-state index in [0.717, 1.165) is 17.1 Å². The molecule has 5 nitrogen and oxygen atoms in total. The van der Waals surface area contributed by atoms with Gasteiger partial charge >= 0.3 is 0 Å². The molecule has 0 aromatic heterocycles. The Bertz CT molecular complexity index is 1110. The summed E-state index contributed by atoms with van der Waals surface area (Å²) in [4.78, 5) is 12.9. The lowest BCUT2D eigenvalue weighted by atomic mass is 10.1. The Labute approximate surface area is 188 Å². The zero-order valence-corrected chi connectivity index (χ0v) is 18.8. The van der Waals surface area contributed by atoms with Crippen LogP contribution in [-0.4, -0.2) is 26.9 Å². The second-order valence-electron chi connectivity index (χ2n) is 7.30. The number of halogens is 1. The van der Waals surface area contributed by atoms with Gasteiger partial charge in [-0.3, -0.25) is 9.10 Å². The number of anilines is 1. The summed E-state index contributed by atoms with van der Waals surface area (Å²) in [5.74, 6) is -0.375. The molecule has 0 fully saturated rings. The van der Waals surface area contributed by atoms with E-state index in [1.54, 1.807) is 36.4 Å². The lowest BCUT2D eigenvalue weighted by molar-refractivity contribution is -0.120. The molecule has 0 saturated carbocycles. The number of aryl methyl sites for hydroxylation is 1. The number of sulfonamides is 1. The van der Waals surface area contributed by atoms with Crippen LogP contribution < -0.4 is 9.62 Å². The van der Waals surface area contributed by atoms with Crippen molar-refractivity contribution in [2.75, 3.05) is 10.8 Å². The summed E-state index contributed by atoms with van der Waals surface area (Å²) in [5, 5.41) is 3.30. The van der Waals surface area contributed by atoms with Crippen LogP contribution in [-0.2, 0) is 21.2 Å². The van der Waals surface area contributed by atoms with E-state index in [-0.39, 0.29) is 23.4 Å². The van der Waals surface area contributed by atoms with Gasteiger partial charge in [0.15, 0.2) is 0 Å². The summed E-state index contributed by atoms with van der Waals surface area (Å²) in [7, 11) is -3.94. The fraction of sp³-hybridized carbons (Fsp3) is 0.208. The lowest BCUT2D eigenvalue weighted by Crippen LogP contribution is -2.43. The first kappa shape index (κ1) is 22.8. The number of amides is 1. The van der Waals surface area contributed by atoms with Crippen LogP contribution in [0.3, 0.4) is 0 Å². The second kappa shape index (κ2) is 10.5. The van der Waals surface area contributed by atoms with Crippen LogP contribution in [0.2, 0.25) is 5.02 Å². The maximum absolute atomic E-state index is 13.3. The molecule has 162 valence electrons. The zero-order chi connectivity index (χ0) is 22.3. The molecule has 31 heavy (non-hydrogen) atoms. The third-order valence-corrected chi connectivity index (χ3v) is 6.85. The van der Waals surface area contributed by atoms with Crippen molar-refractivity contribution in [1.29, 1.82) is 0 Å². The largest absolute Gasteiger partial charge is 0.352 e. The van der Waals surface area contributed by atoms with Gasteiger partial charge in [-0.05, 0) is 55.7 Å². The SMILES string of the molecule is C[C@@H](CCc1ccccc1)NC(=O)CN(c1cccc(Cl)c1)S(=O)(=O)c1ccccc1. The number of nitrogens with one attached hydrogen (secondary N) is 1. The van der Waals surface area contributed by atoms with E-state index >= 15 is 0 Å². The number of hydrogen-bond donors (Lipinski definition) is 1. The standard InChI is InChI=1S/C24H25ClN2O3S/c1-19(15-16-20-9-4-2-5-10-20)26-24(28)18-27(22-12-8-11-21(25)17-22)31(29,30)23-13-6-3-7-14-23/h2-14,17,19H,15-16,18H2,1H3,(H,26,28)/t19-/m0/s1. The van der Waals surface area contributed by atoms with E-state index in [4.69, 9.17) is 11.6 Å². The Morgan fingerprint density at radius 1 is 0.968 bits per heavy atom. The Morgan fingerprint density at radius 2 is 1.61 bits per heavy atom. The summed E-state index contributed by atoms with van der Waals surface area (Å²) in [5.41, 5.74) is 1.53. The highest BCUT2D eigenvalue weighted by atomic mass is 35.5. The monoisotopic (exact) mass is 456 g/mol. The first-order valence-electron chi connectivity index (χ1n) is 10.0. The maximum Gasteiger partial charge on any atom is 0.264 e. The summed E-state index contributed by atoms with van der Waals surface area (Å²) in [6, 6.07) is 24.4. The van der Waals surface area contributed by atoms with E-state index in [9.17, 15) is 13.2 Å². The Balaban J connectivity index is 1.74. The number of hydrogen-bond acceptors (Lipinski definition) is 3. The highest BCUT2D eigenvalue weighted by molar-refractivity contribution is 7.92. The quantitative estimate of drug-likeness (QED) is 0.508. The number of rotatable bonds is 9. The van der Waals surface area contributed by atoms with E-state index in [0.29, 0.717) is 10.7 Å². The molecule has 0 heterocycles. The van der Waals surface area contributed by atoms with Gasteiger partial charge in [0, 0.05) is 11.1 Å². The predicted octanol–water partition coefficient (Wildman–Crippen LogP) is 4.67. The highest BCUT2D eigenvalue weighted by Crippen LogP contribution is 2.26. The molecule has 3 aromatic carbocycles. The summed E-state index contributed by atoms with van der Waals surface area (Å²) in [6.07, 6.45) is 1.57. The van der Waals surface area contributed by atoms with Crippen molar-refractivity contribution in [1.82, 2.24) is 5.32 Å². The van der Waals surface area contributed by atoms with Crippen molar-refractivity contribution >= 4 is 33.2 Å². The van der Waals surface area contributed by atoms with Crippen LogP contribution in [0.4, 0.5) is 5.69 Å². The Hall–Kier alpha value is -2.83. The molecular formula is C24H25ClN2O3S. The van der Waals surface area contributed by atoms with Crippen molar-refractivity contribution in [2.24, 2.45) is 0 Å². The second-order valence-corrected chi connectivity index (χ2v) is 9.60. The molecular weight excluding hydrogens is 432 g/mol. The summed E-state index contributed by atoms with van der Waals surface area (Å²) >= 11 is 6.08. The molecule has 0 unspecified atom stereocenters. The molecule has 1 N–H and O–H groups in total.